The summed E-state index contributed by atoms with van der Waals surface area (Å²) in [5.74, 6) is 0. The van der Waals surface area contributed by atoms with E-state index in [1.165, 1.54) is 122 Å². The molecule has 7 unspecified atom stereocenters. The first-order valence-corrected chi connectivity index (χ1v) is 20.5. The number of nitrogens with one attached hydrogen (secondary N) is 2. The maximum atomic E-state index is 12.6. The number of hydrogen-bond donors (Lipinski definition) is 7. The lowest BCUT2D eigenvalue weighted by atomic mass is 9.94. The number of carbonyl (C=O) groups is 1. The van der Waals surface area contributed by atoms with Crippen molar-refractivity contribution in [2.75, 3.05) is 13.2 Å². The largest absolute Gasteiger partial charge is 0.450 e. The van der Waals surface area contributed by atoms with Gasteiger partial charge in [0.25, 0.3) is 0 Å². The van der Waals surface area contributed by atoms with Crippen molar-refractivity contribution in [2.45, 2.75) is 223 Å². The van der Waals surface area contributed by atoms with E-state index in [4.69, 9.17) is 4.74 Å². The standard InChI is InChI=1S/C40H78N2O7/c1-3-5-6-7-8-9-10-11-12-13-14-15-16-17-18-19-20-21-22-23-24-27-30-49-40(48)42-35(37(45)31-33(43)4-2)32-41-34-28-25-26-29-36(44)39(47)38(34)46/h25,28,33-39,41,43-47H,3-24,26-27,29-32H2,1-2H3,(H,42,48)/b28-25-. The number of aliphatic hydroxyl groups is 5. The molecule has 7 atom stereocenters. The predicted octanol–water partition coefficient (Wildman–Crippen LogP) is 7.60. The van der Waals surface area contributed by atoms with E-state index in [0.29, 0.717) is 25.9 Å². The van der Waals surface area contributed by atoms with Gasteiger partial charge in [0.1, 0.15) is 12.2 Å². The van der Waals surface area contributed by atoms with Crippen LogP contribution < -0.4 is 10.6 Å². The Morgan fingerprint density at radius 1 is 0.714 bits per heavy atom. The lowest BCUT2D eigenvalue weighted by molar-refractivity contribution is -0.0703. The highest BCUT2D eigenvalue weighted by atomic mass is 16.5. The third-order valence-corrected chi connectivity index (χ3v) is 10.1. The van der Waals surface area contributed by atoms with Gasteiger partial charge in [-0.05, 0) is 25.7 Å². The Morgan fingerprint density at radius 3 is 1.65 bits per heavy atom. The van der Waals surface area contributed by atoms with E-state index in [0.717, 1.165) is 19.3 Å². The molecule has 0 aromatic heterocycles. The Morgan fingerprint density at radius 2 is 1.18 bits per heavy atom. The van der Waals surface area contributed by atoms with Crippen LogP contribution in [-0.4, -0.2) is 87.4 Å². The van der Waals surface area contributed by atoms with E-state index in [1.54, 1.807) is 6.08 Å². The van der Waals surface area contributed by atoms with E-state index in [2.05, 4.69) is 17.6 Å². The molecule has 0 radical (unpaired) electrons. The zero-order valence-corrected chi connectivity index (χ0v) is 31.5. The zero-order valence-electron chi connectivity index (χ0n) is 31.5. The number of unbranched alkanes of at least 4 members (excludes halogenated alkanes) is 21. The second-order valence-corrected chi connectivity index (χ2v) is 14.7. The maximum absolute atomic E-state index is 12.6. The molecular weight excluding hydrogens is 620 g/mol. The second kappa shape index (κ2) is 31.5. The van der Waals surface area contributed by atoms with Crippen molar-refractivity contribution in [3.8, 4) is 0 Å². The molecule has 9 nitrogen and oxygen atoms in total. The summed E-state index contributed by atoms with van der Waals surface area (Å²) in [6, 6.07) is -1.47. The normalized spacial score (nSPS) is 22.2. The molecule has 0 saturated carbocycles. The first kappa shape index (κ1) is 45.8. The highest BCUT2D eigenvalue weighted by Gasteiger charge is 2.32. The average Bonchev–Trinajstić information content (AvgIpc) is 3.09. The van der Waals surface area contributed by atoms with Crippen LogP contribution >= 0.6 is 0 Å². The summed E-state index contributed by atoms with van der Waals surface area (Å²) >= 11 is 0. The first-order chi connectivity index (χ1) is 23.8. The summed E-state index contributed by atoms with van der Waals surface area (Å²) < 4.78 is 5.39. The van der Waals surface area contributed by atoms with Gasteiger partial charge in [-0.25, -0.2) is 4.79 Å². The SMILES string of the molecule is CCCCCCCCCCCCCCCCCCCCCCCCOC(=O)NC(CNC1/C=C\CCC(O)C(O)C1O)C(O)CC(O)CC. The highest BCUT2D eigenvalue weighted by molar-refractivity contribution is 5.67. The molecule has 1 aliphatic carbocycles. The third kappa shape index (κ3) is 24.6. The van der Waals surface area contributed by atoms with Crippen LogP contribution in [0, 0.1) is 0 Å². The van der Waals surface area contributed by atoms with Crippen LogP contribution in [0.3, 0.4) is 0 Å². The molecule has 0 aromatic rings. The molecule has 0 spiro atoms. The molecule has 1 amide bonds. The van der Waals surface area contributed by atoms with E-state index in [1.807, 2.05) is 13.0 Å². The molecule has 0 saturated heterocycles. The summed E-state index contributed by atoms with van der Waals surface area (Å²) in [6.07, 6.45) is 28.1. The Labute approximate surface area is 300 Å². The second-order valence-electron chi connectivity index (χ2n) is 14.7. The van der Waals surface area contributed by atoms with E-state index in [9.17, 15) is 30.3 Å². The smallest absolute Gasteiger partial charge is 0.407 e. The van der Waals surface area contributed by atoms with Gasteiger partial charge < -0.3 is 40.9 Å². The molecule has 0 aromatic carbocycles. The quantitative estimate of drug-likeness (QED) is 0.0289. The maximum Gasteiger partial charge on any atom is 0.407 e. The minimum atomic E-state index is -1.32. The van der Waals surface area contributed by atoms with Gasteiger partial charge >= 0.3 is 6.09 Å². The van der Waals surface area contributed by atoms with Crippen LogP contribution in [0.4, 0.5) is 4.79 Å². The Balaban J connectivity index is 2.10. The van der Waals surface area contributed by atoms with Crippen molar-refractivity contribution in [2.24, 2.45) is 0 Å². The molecule has 7 N–H and O–H groups in total. The summed E-state index contributed by atoms with van der Waals surface area (Å²) in [5, 5.41) is 57.4. The van der Waals surface area contributed by atoms with Gasteiger partial charge in [0.2, 0.25) is 0 Å². The van der Waals surface area contributed by atoms with Crippen LogP contribution in [0.25, 0.3) is 0 Å². The van der Waals surface area contributed by atoms with E-state index in [-0.39, 0.29) is 13.0 Å². The van der Waals surface area contributed by atoms with Crippen molar-refractivity contribution >= 4 is 6.09 Å². The average molecular weight is 699 g/mol. The Kier molecular flexibility index (Phi) is 29.4. The number of allylic oxidation sites excluding steroid dienone is 1. The molecular formula is C40H78N2O7. The summed E-state index contributed by atoms with van der Waals surface area (Å²) in [7, 11) is 0. The van der Waals surface area contributed by atoms with E-state index < -0.39 is 48.7 Å². The number of carbonyl (C=O) groups excluding carboxylic acids is 1. The van der Waals surface area contributed by atoms with Crippen molar-refractivity contribution in [3.63, 3.8) is 0 Å². The molecule has 0 aliphatic heterocycles. The summed E-state index contributed by atoms with van der Waals surface area (Å²) in [4.78, 5) is 12.6. The minimum Gasteiger partial charge on any atom is -0.450 e. The summed E-state index contributed by atoms with van der Waals surface area (Å²) in [5.41, 5.74) is 0. The van der Waals surface area contributed by atoms with Crippen LogP contribution in [0.15, 0.2) is 12.2 Å². The number of hydrogen-bond acceptors (Lipinski definition) is 8. The monoisotopic (exact) mass is 699 g/mol. The number of aliphatic hydroxyl groups excluding tert-OH is 5. The van der Waals surface area contributed by atoms with Crippen LogP contribution in [0.5, 0.6) is 0 Å². The van der Waals surface area contributed by atoms with Crippen LogP contribution in [0.2, 0.25) is 0 Å². The minimum absolute atomic E-state index is 0.0704. The van der Waals surface area contributed by atoms with Crippen molar-refractivity contribution in [1.29, 1.82) is 0 Å². The van der Waals surface area contributed by atoms with Gasteiger partial charge in [0.05, 0.1) is 37.0 Å². The molecule has 1 rings (SSSR count). The molecule has 290 valence electrons. The lowest BCUT2D eigenvalue weighted by Gasteiger charge is -2.32. The number of amides is 1. The van der Waals surface area contributed by atoms with E-state index >= 15 is 0 Å². The molecule has 1 aliphatic rings. The van der Waals surface area contributed by atoms with Gasteiger partial charge in [0.15, 0.2) is 0 Å². The lowest BCUT2D eigenvalue weighted by Crippen LogP contribution is -2.56. The molecule has 0 fully saturated rings. The van der Waals surface area contributed by atoms with Crippen molar-refractivity contribution in [1.82, 2.24) is 10.6 Å². The first-order valence-electron chi connectivity index (χ1n) is 20.5. The molecule has 0 heterocycles. The fourth-order valence-electron chi connectivity index (χ4n) is 6.65. The van der Waals surface area contributed by atoms with Gasteiger partial charge in [-0.3, -0.25) is 0 Å². The van der Waals surface area contributed by atoms with Gasteiger partial charge in [-0.1, -0.05) is 161 Å². The topological polar surface area (TPSA) is 152 Å². The van der Waals surface area contributed by atoms with Crippen LogP contribution in [-0.2, 0) is 4.74 Å². The number of alkyl carbamates (subject to hydrolysis) is 1. The highest BCUT2D eigenvalue weighted by Crippen LogP contribution is 2.17. The fraction of sp³-hybridized carbons (Fsp3) is 0.925. The van der Waals surface area contributed by atoms with Crippen LogP contribution in [0.1, 0.15) is 181 Å². The molecule has 9 heteroatoms. The third-order valence-electron chi connectivity index (χ3n) is 10.1. The number of rotatable bonds is 31. The molecule has 0 bridgehead atoms. The van der Waals surface area contributed by atoms with Gasteiger partial charge in [-0.2, -0.15) is 0 Å². The fourth-order valence-corrected chi connectivity index (χ4v) is 6.65. The van der Waals surface area contributed by atoms with Crippen molar-refractivity contribution < 1.29 is 35.1 Å². The Hall–Kier alpha value is -1.23. The van der Waals surface area contributed by atoms with Crippen molar-refractivity contribution in [3.05, 3.63) is 12.2 Å². The summed E-state index contributed by atoms with van der Waals surface area (Å²) in [6.45, 7) is 4.47. The zero-order chi connectivity index (χ0) is 36.0. The Bertz CT molecular complexity index is 786. The van der Waals surface area contributed by atoms with Gasteiger partial charge in [-0.15, -0.1) is 0 Å². The predicted molar refractivity (Wildman–Crippen MR) is 201 cm³/mol. The van der Waals surface area contributed by atoms with Gasteiger partial charge in [0, 0.05) is 13.0 Å². The number of ether oxygens (including phenoxy) is 1. The molecule has 49 heavy (non-hydrogen) atoms.